The van der Waals surface area contributed by atoms with E-state index >= 15 is 0 Å². The zero-order chi connectivity index (χ0) is 11.7. The summed E-state index contributed by atoms with van der Waals surface area (Å²) in [4.78, 5) is 0. The largest absolute Gasteiger partial charge is 0.507 e. The minimum atomic E-state index is 0.185. The van der Waals surface area contributed by atoms with Gasteiger partial charge in [0.2, 0.25) is 0 Å². The first-order chi connectivity index (χ1) is 7.58. The van der Waals surface area contributed by atoms with Crippen LogP contribution in [0.4, 0.5) is 0 Å². The second-order valence-electron chi connectivity index (χ2n) is 4.04. The maximum absolute atomic E-state index is 9.85. The first kappa shape index (κ1) is 10.6. The molecule has 2 aromatic rings. The summed E-state index contributed by atoms with van der Waals surface area (Å²) >= 11 is 0. The van der Waals surface area contributed by atoms with Crippen LogP contribution in [-0.2, 0) is 0 Å². The highest BCUT2D eigenvalue weighted by Crippen LogP contribution is 2.36. The second kappa shape index (κ2) is 3.89. The third kappa shape index (κ3) is 1.87. The van der Waals surface area contributed by atoms with Crippen molar-refractivity contribution in [2.24, 2.45) is 0 Å². The van der Waals surface area contributed by atoms with Gasteiger partial charge in [-0.05, 0) is 37.6 Å². The summed E-state index contributed by atoms with van der Waals surface area (Å²) < 4.78 is 0. The molecule has 0 amide bonds. The molecule has 0 radical (unpaired) electrons. The lowest BCUT2D eigenvalue weighted by molar-refractivity contribution is 0.469. The molecule has 0 aliphatic heterocycles. The van der Waals surface area contributed by atoms with Gasteiger partial charge < -0.3 is 10.2 Å². The molecule has 82 valence electrons. The molecular weight excluding hydrogens is 200 g/mol. The van der Waals surface area contributed by atoms with Crippen LogP contribution in [0.25, 0.3) is 11.1 Å². The van der Waals surface area contributed by atoms with Crippen LogP contribution in [0.5, 0.6) is 11.5 Å². The zero-order valence-electron chi connectivity index (χ0n) is 9.36. The Balaban J connectivity index is 2.62. The first-order valence-corrected chi connectivity index (χ1v) is 5.17. The van der Waals surface area contributed by atoms with Crippen LogP contribution in [0.1, 0.15) is 11.1 Å². The number of aromatic hydroxyl groups is 2. The van der Waals surface area contributed by atoms with E-state index in [2.05, 4.69) is 0 Å². The molecule has 2 heteroatoms. The van der Waals surface area contributed by atoms with E-state index in [-0.39, 0.29) is 11.5 Å². The summed E-state index contributed by atoms with van der Waals surface area (Å²) in [6.07, 6.45) is 0. The van der Waals surface area contributed by atoms with Crippen LogP contribution in [0.3, 0.4) is 0 Å². The molecule has 0 spiro atoms. The molecular formula is C14H14O2. The Labute approximate surface area is 94.8 Å². The molecule has 0 aromatic heterocycles. The van der Waals surface area contributed by atoms with Crippen molar-refractivity contribution >= 4 is 0 Å². The molecule has 0 saturated carbocycles. The summed E-state index contributed by atoms with van der Waals surface area (Å²) in [6, 6.07) is 10.8. The van der Waals surface area contributed by atoms with Gasteiger partial charge in [0.1, 0.15) is 11.5 Å². The van der Waals surface area contributed by atoms with Crippen molar-refractivity contribution in [3.8, 4) is 22.6 Å². The summed E-state index contributed by atoms with van der Waals surface area (Å²) in [5.74, 6) is 0.380. The van der Waals surface area contributed by atoms with Gasteiger partial charge in [-0.15, -0.1) is 0 Å². The number of benzene rings is 2. The summed E-state index contributed by atoms with van der Waals surface area (Å²) in [5, 5.41) is 19.6. The summed E-state index contributed by atoms with van der Waals surface area (Å²) in [7, 11) is 0. The standard InChI is InChI=1S/C14H14O2/c1-9-4-6-13(15)12(7-9)11-5-3-10(2)8-14(11)16/h3-8,15-16H,1-2H3. The smallest absolute Gasteiger partial charge is 0.123 e. The van der Waals surface area contributed by atoms with Crippen LogP contribution in [-0.4, -0.2) is 10.2 Å². The minimum Gasteiger partial charge on any atom is -0.507 e. The van der Waals surface area contributed by atoms with Crippen molar-refractivity contribution in [2.75, 3.05) is 0 Å². The Bertz CT molecular complexity index is 530. The molecule has 16 heavy (non-hydrogen) atoms. The quantitative estimate of drug-likeness (QED) is 0.764. The maximum atomic E-state index is 9.85. The van der Waals surface area contributed by atoms with Crippen molar-refractivity contribution in [2.45, 2.75) is 13.8 Å². The first-order valence-electron chi connectivity index (χ1n) is 5.17. The number of hydrogen-bond donors (Lipinski definition) is 2. The lowest BCUT2D eigenvalue weighted by Gasteiger charge is -2.08. The molecule has 2 N–H and O–H groups in total. The fourth-order valence-electron chi connectivity index (χ4n) is 1.74. The molecule has 0 heterocycles. The van der Waals surface area contributed by atoms with Gasteiger partial charge in [-0.25, -0.2) is 0 Å². The molecule has 0 aliphatic carbocycles. The van der Waals surface area contributed by atoms with E-state index in [1.807, 2.05) is 38.1 Å². The third-order valence-electron chi connectivity index (χ3n) is 2.60. The minimum absolute atomic E-state index is 0.185. The molecule has 0 aliphatic rings. The van der Waals surface area contributed by atoms with Crippen LogP contribution in [0.2, 0.25) is 0 Å². The number of rotatable bonds is 1. The fourth-order valence-corrected chi connectivity index (χ4v) is 1.74. The van der Waals surface area contributed by atoms with Crippen molar-refractivity contribution in [1.82, 2.24) is 0 Å². The van der Waals surface area contributed by atoms with Gasteiger partial charge in [-0.2, -0.15) is 0 Å². The predicted molar refractivity (Wildman–Crippen MR) is 64.7 cm³/mol. The Morgan fingerprint density at radius 3 is 2.00 bits per heavy atom. The SMILES string of the molecule is Cc1ccc(-c2cc(C)ccc2O)c(O)c1. The van der Waals surface area contributed by atoms with Gasteiger partial charge in [0.05, 0.1) is 0 Å². The van der Waals surface area contributed by atoms with Gasteiger partial charge in [0, 0.05) is 11.1 Å². The number of aryl methyl sites for hydroxylation is 2. The van der Waals surface area contributed by atoms with E-state index < -0.39 is 0 Å². The molecule has 2 aromatic carbocycles. The van der Waals surface area contributed by atoms with Gasteiger partial charge in [0.25, 0.3) is 0 Å². The Morgan fingerprint density at radius 2 is 1.31 bits per heavy atom. The third-order valence-corrected chi connectivity index (χ3v) is 2.60. The molecule has 0 saturated heterocycles. The summed E-state index contributed by atoms with van der Waals surface area (Å²) in [5.41, 5.74) is 3.37. The highest BCUT2D eigenvalue weighted by atomic mass is 16.3. The monoisotopic (exact) mass is 214 g/mol. The number of phenols is 2. The van der Waals surface area contributed by atoms with E-state index in [1.54, 1.807) is 12.1 Å². The van der Waals surface area contributed by atoms with Gasteiger partial charge in [-0.1, -0.05) is 23.8 Å². The van der Waals surface area contributed by atoms with Gasteiger partial charge >= 0.3 is 0 Å². The van der Waals surface area contributed by atoms with Crippen molar-refractivity contribution in [3.05, 3.63) is 47.5 Å². The van der Waals surface area contributed by atoms with Crippen LogP contribution >= 0.6 is 0 Å². The van der Waals surface area contributed by atoms with Gasteiger partial charge in [-0.3, -0.25) is 0 Å². The Hall–Kier alpha value is -1.96. The normalized spacial score (nSPS) is 10.4. The average Bonchev–Trinajstić information content (AvgIpc) is 2.22. The van der Waals surface area contributed by atoms with Gasteiger partial charge in [0.15, 0.2) is 0 Å². The van der Waals surface area contributed by atoms with Crippen LogP contribution in [0, 0.1) is 13.8 Å². The predicted octanol–water partition coefficient (Wildman–Crippen LogP) is 3.38. The van der Waals surface area contributed by atoms with Crippen LogP contribution in [0.15, 0.2) is 36.4 Å². The fraction of sp³-hybridized carbons (Fsp3) is 0.143. The van der Waals surface area contributed by atoms with E-state index in [0.29, 0.717) is 11.1 Å². The summed E-state index contributed by atoms with van der Waals surface area (Å²) in [6.45, 7) is 3.87. The number of hydrogen-bond acceptors (Lipinski definition) is 2. The average molecular weight is 214 g/mol. The van der Waals surface area contributed by atoms with Crippen molar-refractivity contribution < 1.29 is 10.2 Å². The Morgan fingerprint density at radius 1 is 0.688 bits per heavy atom. The van der Waals surface area contributed by atoms with Crippen LogP contribution < -0.4 is 0 Å². The maximum Gasteiger partial charge on any atom is 0.123 e. The van der Waals surface area contributed by atoms with Crippen molar-refractivity contribution in [3.63, 3.8) is 0 Å². The van der Waals surface area contributed by atoms with E-state index in [9.17, 15) is 10.2 Å². The molecule has 0 unspecified atom stereocenters. The highest BCUT2D eigenvalue weighted by molar-refractivity contribution is 5.76. The van der Waals surface area contributed by atoms with E-state index in [1.165, 1.54) is 0 Å². The Kier molecular flexibility index (Phi) is 2.57. The molecule has 0 bridgehead atoms. The second-order valence-corrected chi connectivity index (χ2v) is 4.04. The van der Waals surface area contributed by atoms with Crippen molar-refractivity contribution in [1.29, 1.82) is 0 Å². The number of phenolic OH excluding ortho intramolecular Hbond substituents is 2. The molecule has 2 rings (SSSR count). The zero-order valence-corrected chi connectivity index (χ0v) is 9.36. The van der Waals surface area contributed by atoms with E-state index in [0.717, 1.165) is 11.1 Å². The molecule has 2 nitrogen and oxygen atoms in total. The lowest BCUT2D eigenvalue weighted by Crippen LogP contribution is -1.83. The molecule has 0 atom stereocenters. The highest BCUT2D eigenvalue weighted by Gasteiger charge is 2.08. The topological polar surface area (TPSA) is 40.5 Å². The molecule has 0 fully saturated rings. The van der Waals surface area contributed by atoms with E-state index in [4.69, 9.17) is 0 Å². The lowest BCUT2D eigenvalue weighted by atomic mass is 10.0.